The highest BCUT2D eigenvalue weighted by atomic mass is 16.6. The van der Waals surface area contributed by atoms with Gasteiger partial charge in [-0.15, -0.1) is 0 Å². The first kappa shape index (κ1) is 29.2. The van der Waals surface area contributed by atoms with Crippen LogP contribution in [0.4, 0.5) is 0 Å². The molecule has 0 aliphatic heterocycles. The van der Waals surface area contributed by atoms with Gasteiger partial charge in [-0.2, -0.15) is 0 Å². The zero-order valence-electron chi connectivity index (χ0n) is 19.8. The van der Waals surface area contributed by atoms with Gasteiger partial charge in [0.2, 0.25) is 0 Å². The number of hydrogen-bond acceptors (Lipinski definition) is 5. The first-order valence-electron chi connectivity index (χ1n) is 12.5. The number of hydrogen-bond donors (Lipinski definition) is 0. The van der Waals surface area contributed by atoms with Crippen LogP contribution in [0.3, 0.4) is 0 Å². The van der Waals surface area contributed by atoms with Gasteiger partial charge >= 0.3 is 11.9 Å². The lowest BCUT2D eigenvalue weighted by atomic mass is 10.0. The Balaban J connectivity index is 3.25. The molecule has 0 amide bonds. The van der Waals surface area contributed by atoms with E-state index in [1.54, 1.807) is 0 Å². The Kier molecular flexibility index (Phi) is 23.1. The molecule has 0 fully saturated rings. The molecule has 0 bridgehead atoms. The fourth-order valence-electron chi connectivity index (χ4n) is 3.42. The van der Waals surface area contributed by atoms with Gasteiger partial charge in [-0.05, 0) is 18.4 Å². The molecule has 0 saturated carbocycles. The summed E-state index contributed by atoms with van der Waals surface area (Å²) in [6, 6.07) is 0. The molecule has 0 aliphatic carbocycles. The number of nitrogens with zero attached hydrogens (tertiary/aromatic N) is 3. The third kappa shape index (κ3) is 24.4. The second-order valence-corrected chi connectivity index (χ2v) is 8.23. The molecule has 7 heteroatoms. The third-order valence-corrected chi connectivity index (χ3v) is 5.28. The van der Waals surface area contributed by atoms with Crippen molar-refractivity contribution >= 4 is 11.9 Å². The molecular formula is C24H45N3O4. The van der Waals surface area contributed by atoms with E-state index in [0.717, 1.165) is 12.8 Å². The molecule has 0 aromatic rings. The molecule has 0 aliphatic rings. The van der Waals surface area contributed by atoms with Gasteiger partial charge in [0.25, 0.3) is 0 Å². The van der Waals surface area contributed by atoms with Crippen LogP contribution in [-0.4, -0.2) is 31.7 Å². The minimum atomic E-state index is -0.599. The molecule has 0 radical (unpaired) electrons. The Labute approximate surface area is 189 Å². The molecule has 0 N–H and O–H groups in total. The van der Waals surface area contributed by atoms with E-state index in [0.29, 0.717) is 13.0 Å². The van der Waals surface area contributed by atoms with Gasteiger partial charge < -0.3 is 9.47 Å². The zero-order valence-corrected chi connectivity index (χ0v) is 19.8. The van der Waals surface area contributed by atoms with E-state index in [1.165, 1.54) is 89.9 Å². The molecule has 0 saturated heterocycles. The molecule has 0 spiro atoms. The number of esters is 2. The largest absolute Gasteiger partial charge is 0.465 e. The second-order valence-electron chi connectivity index (χ2n) is 8.23. The quantitative estimate of drug-likeness (QED) is 0.0412. The van der Waals surface area contributed by atoms with Gasteiger partial charge in [0, 0.05) is 11.5 Å². The summed E-state index contributed by atoms with van der Waals surface area (Å²) in [6.45, 7) is 3.04. The molecule has 0 heterocycles. The summed E-state index contributed by atoms with van der Waals surface area (Å²) in [6.07, 6.45) is 20.9. The van der Waals surface area contributed by atoms with E-state index in [9.17, 15) is 9.59 Å². The molecular weight excluding hydrogens is 394 g/mol. The summed E-state index contributed by atoms with van der Waals surface area (Å²) in [7, 11) is 0. The minimum absolute atomic E-state index is 0.143. The van der Waals surface area contributed by atoms with Crippen LogP contribution < -0.4 is 0 Å². The van der Waals surface area contributed by atoms with Crippen LogP contribution in [0.25, 0.3) is 10.4 Å². The first-order chi connectivity index (χ1) is 15.2. The summed E-state index contributed by atoms with van der Waals surface area (Å²) in [5, 5.41) is 3.34. The molecule has 31 heavy (non-hydrogen) atoms. The van der Waals surface area contributed by atoms with E-state index < -0.39 is 11.9 Å². The SMILES string of the molecule is CCCCCCCCCCCCCCCCCCOC(=O)CC(=O)OCCCN=[N+]=[N-]. The average molecular weight is 440 g/mol. The van der Waals surface area contributed by atoms with E-state index in [1.807, 2.05) is 0 Å². The highest BCUT2D eigenvalue weighted by Crippen LogP contribution is 2.13. The van der Waals surface area contributed by atoms with Gasteiger partial charge in [-0.25, -0.2) is 0 Å². The fraction of sp³-hybridized carbons (Fsp3) is 0.917. The maximum Gasteiger partial charge on any atom is 0.317 e. The Hall–Kier alpha value is -1.75. The number of rotatable bonds is 23. The highest BCUT2D eigenvalue weighted by Gasteiger charge is 2.11. The van der Waals surface area contributed by atoms with Gasteiger partial charge in [-0.3, -0.25) is 9.59 Å². The van der Waals surface area contributed by atoms with Crippen molar-refractivity contribution in [3.63, 3.8) is 0 Å². The van der Waals surface area contributed by atoms with Gasteiger partial charge in [0.1, 0.15) is 6.42 Å². The average Bonchev–Trinajstić information content (AvgIpc) is 2.75. The summed E-state index contributed by atoms with van der Waals surface area (Å²) in [5.74, 6) is -1.14. The van der Waals surface area contributed by atoms with Crippen molar-refractivity contribution in [1.29, 1.82) is 0 Å². The monoisotopic (exact) mass is 439 g/mol. The van der Waals surface area contributed by atoms with Gasteiger partial charge in [0.05, 0.1) is 13.2 Å². The van der Waals surface area contributed by atoms with Crippen LogP contribution in [0.15, 0.2) is 5.11 Å². The van der Waals surface area contributed by atoms with Crippen molar-refractivity contribution in [3.05, 3.63) is 10.4 Å². The van der Waals surface area contributed by atoms with Crippen LogP contribution in [-0.2, 0) is 19.1 Å². The maximum atomic E-state index is 11.6. The molecule has 0 aromatic heterocycles. The lowest BCUT2D eigenvalue weighted by Gasteiger charge is -2.06. The Morgan fingerprint density at radius 1 is 0.645 bits per heavy atom. The third-order valence-electron chi connectivity index (χ3n) is 5.28. The molecule has 0 aromatic carbocycles. The second kappa shape index (κ2) is 24.5. The van der Waals surface area contributed by atoms with Crippen molar-refractivity contribution in [3.8, 4) is 0 Å². The molecule has 180 valence electrons. The number of carbonyl (C=O) groups is 2. The van der Waals surface area contributed by atoms with E-state index >= 15 is 0 Å². The normalized spacial score (nSPS) is 10.5. The topological polar surface area (TPSA) is 101 Å². The predicted octanol–water partition coefficient (Wildman–Crippen LogP) is 7.42. The first-order valence-corrected chi connectivity index (χ1v) is 12.5. The van der Waals surface area contributed by atoms with Crippen LogP contribution in [0.2, 0.25) is 0 Å². The highest BCUT2D eigenvalue weighted by molar-refractivity contribution is 5.91. The number of unbranched alkanes of at least 4 members (excludes halogenated alkanes) is 15. The zero-order chi connectivity index (χ0) is 22.8. The van der Waals surface area contributed by atoms with Crippen molar-refractivity contribution < 1.29 is 19.1 Å². The summed E-state index contributed by atoms with van der Waals surface area (Å²) in [4.78, 5) is 25.6. The van der Waals surface area contributed by atoms with Crippen LogP contribution in [0, 0.1) is 0 Å². The molecule has 0 rings (SSSR count). The maximum absolute atomic E-state index is 11.6. The van der Waals surface area contributed by atoms with E-state index in [4.69, 9.17) is 15.0 Å². The van der Waals surface area contributed by atoms with E-state index in [-0.39, 0.29) is 19.6 Å². The number of carbonyl (C=O) groups excluding carboxylic acids is 2. The van der Waals surface area contributed by atoms with Crippen molar-refractivity contribution in [2.75, 3.05) is 19.8 Å². The summed E-state index contributed by atoms with van der Waals surface area (Å²) in [5.41, 5.74) is 8.13. The molecule has 0 atom stereocenters. The van der Waals surface area contributed by atoms with Crippen LogP contribution in [0.5, 0.6) is 0 Å². The number of azide groups is 1. The lowest BCUT2D eigenvalue weighted by Crippen LogP contribution is -2.15. The Morgan fingerprint density at radius 3 is 1.45 bits per heavy atom. The standard InChI is InChI=1S/C24H45N3O4/c1-2-3-4-5-6-7-8-9-10-11-12-13-14-15-16-17-20-30-23(28)22-24(29)31-21-18-19-26-27-25/h2-22H2,1H3. The Morgan fingerprint density at radius 2 is 1.03 bits per heavy atom. The van der Waals surface area contributed by atoms with Gasteiger partial charge in [-0.1, -0.05) is 108 Å². The molecule has 0 unspecified atom stereocenters. The van der Waals surface area contributed by atoms with E-state index in [2.05, 4.69) is 16.9 Å². The molecule has 7 nitrogen and oxygen atoms in total. The fourth-order valence-corrected chi connectivity index (χ4v) is 3.42. The minimum Gasteiger partial charge on any atom is -0.465 e. The summed E-state index contributed by atoms with van der Waals surface area (Å²) >= 11 is 0. The van der Waals surface area contributed by atoms with Crippen molar-refractivity contribution in [1.82, 2.24) is 0 Å². The Bertz CT molecular complexity index is 479. The summed E-state index contributed by atoms with van der Waals surface area (Å²) < 4.78 is 9.94. The predicted molar refractivity (Wildman–Crippen MR) is 125 cm³/mol. The van der Waals surface area contributed by atoms with Crippen molar-refractivity contribution in [2.45, 2.75) is 122 Å². The van der Waals surface area contributed by atoms with Crippen LogP contribution >= 0.6 is 0 Å². The lowest BCUT2D eigenvalue weighted by molar-refractivity contribution is -0.154. The smallest absolute Gasteiger partial charge is 0.317 e. The van der Waals surface area contributed by atoms with Crippen LogP contribution in [0.1, 0.15) is 122 Å². The number of ether oxygens (including phenoxy) is 2. The van der Waals surface area contributed by atoms with Gasteiger partial charge in [0.15, 0.2) is 0 Å². The van der Waals surface area contributed by atoms with Crippen molar-refractivity contribution in [2.24, 2.45) is 5.11 Å².